The lowest BCUT2D eigenvalue weighted by atomic mass is 9.92. The van der Waals surface area contributed by atoms with Gasteiger partial charge in [0, 0.05) is 25.9 Å². The first kappa shape index (κ1) is 27.9. The molecule has 0 aliphatic rings. The van der Waals surface area contributed by atoms with Crippen molar-refractivity contribution in [2.45, 2.75) is 77.9 Å². The van der Waals surface area contributed by atoms with Gasteiger partial charge in [-0.05, 0) is 60.4 Å². The Hall–Kier alpha value is -2.11. The van der Waals surface area contributed by atoms with E-state index in [1.165, 1.54) is 0 Å². The molecule has 0 aliphatic heterocycles. The van der Waals surface area contributed by atoms with Gasteiger partial charge in [-0.3, -0.25) is 14.4 Å². The minimum atomic E-state index is -0.686. The van der Waals surface area contributed by atoms with Gasteiger partial charge in [0.2, 0.25) is 17.7 Å². The number of unbranched alkanes of at least 4 members (excludes halogenated alkanes) is 1. The lowest BCUT2D eigenvalue weighted by Crippen LogP contribution is -2.43. The number of nitrogens with two attached hydrogens (primary N) is 1. The van der Waals surface area contributed by atoms with Crippen LogP contribution in [0.1, 0.15) is 66.2 Å². The normalized spacial score (nSPS) is 12.7. The summed E-state index contributed by atoms with van der Waals surface area (Å²) in [5.41, 5.74) is 4.12. The first-order chi connectivity index (χ1) is 13.9. The van der Waals surface area contributed by atoms with Crippen LogP contribution in [0.3, 0.4) is 0 Å². The zero-order valence-corrected chi connectivity index (χ0v) is 19.2. The molecule has 5 N–H and O–H groups in total. The SMILES string of the molecule is C#CCCC(=O)NCCC(C)(C)OCC(C)(C)C(=O)NCCCCC(NC)C(N)=O. The fourth-order valence-corrected chi connectivity index (χ4v) is 2.63. The second kappa shape index (κ2) is 14.0. The molecule has 8 heteroatoms. The van der Waals surface area contributed by atoms with Gasteiger partial charge in [-0.15, -0.1) is 12.3 Å². The maximum absolute atomic E-state index is 12.5. The highest BCUT2D eigenvalue weighted by molar-refractivity contribution is 5.82. The van der Waals surface area contributed by atoms with Crippen LogP contribution in [0.15, 0.2) is 0 Å². The number of rotatable bonds is 16. The van der Waals surface area contributed by atoms with Crippen molar-refractivity contribution in [2.24, 2.45) is 11.1 Å². The van der Waals surface area contributed by atoms with Crippen LogP contribution < -0.4 is 21.7 Å². The van der Waals surface area contributed by atoms with Gasteiger partial charge < -0.3 is 26.4 Å². The summed E-state index contributed by atoms with van der Waals surface area (Å²) in [4.78, 5) is 35.3. The third-order valence-electron chi connectivity index (χ3n) is 4.88. The Balaban J connectivity index is 4.20. The molecule has 0 heterocycles. The van der Waals surface area contributed by atoms with Crippen LogP contribution in [0.5, 0.6) is 0 Å². The number of carbonyl (C=O) groups excluding carboxylic acids is 3. The molecule has 1 unspecified atom stereocenters. The van der Waals surface area contributed by atoms with E-state index >= 15 is 0 Å². The number of likely N-dealkylation sites (N-methyl/N-ethyl adjacent to an activating group) is 1. The Labute approximate surface area is 181 Å². The fraction of sp³-hybridized carbons (Fsp3) is 0.773. The molecule has 0 saturated carbocycles. The predicted octanol–water partition coefficient (Wildman–Crippen LogP) is 1.09. The number of amides is 3. The number of hydrogen-bond donors (Lipinski definition) is 4. The van der Waals surface area contributed by atoms with Gasteiger partial charge in [-0.2, -0.15) is 0 Å². The standard InChI is InChI=1S/C22H40N4O4/c1-7-8-12-18(27)25-15-13-22(4,5)30-16-21(2,3)20(29)26-14-10-9-11-17(24-6)19(23)28/h1,17,24H,8-16H2,2-6H3,(H2,23,28)(H,25,27)(H,26,29). The van der Waals surface area contributed by atoms with Crippen LogP contribution in [-0.4, -0.2) is 56.1 Å². The third kappa shape index (κ3) is 12.5. The third-order valence-corrected chi connectivity index (χ3v) is 4.88. The lowest BCUT2D eigenvalue weighted by molar-refractivity contribution is -0.137. The van der Waals surface area contributed by atoms with Gasteiger partial charge in [-0.25, -0.2) is 0 Å². The van der Waals surface area contributed by atoms with Crippen LogP contribution in [0, 0.1) is 17.8 Å². The maximum atomic E-state index is 12.5. The summed E-state index contributed by atoms with van der Waals surface area (Å²) in [5, 5.41) is 8.63. The molecular formula is C22H40N4O4. The van der Waals surface area contributed by atoms with Gasteiger partial charge in [0.25, 0.3) is 0 Å². The van der Waals surface area contributed by atoms with Crippen molar-refractivity contribution in [1.29, 1.82) is 0 Å². The van der Waals surface area contributed by atoms with E-state index in [4.69, 9.17) is 16.9 Å². The highest BCUT2D eigenvalue weighted by Gasteiger charge is 2.31. The highest BCUT2D eigenvalue weighted by atomic mass is 16.5. The minimum Gasteiger partial charge on any atom is -0.374 e. The Kier molecular flexibility index (Phi) is 13.0. The summed E-state index contributed by atoms with van der Waals surface area (Å²) in [6, 6.07) is -0.338. The summed E-state index contributed by atoms with van der Waals surface area (Å²) < 4.78 is 5.97. The molecule has 0 radical (unpaired) electrons. The Morgan fingerprint density at radius 1 is 1.10 bits per heavy atom. The monoisotopic (exact) mass is 424 g/mol. The molecule has 0 rings (SSSR count). The number of hydrogen-bond acceptors (Lipinski definition) is 5. The molecule has 0 aromatic heterocycles. The van der Waals surface area contributed by atoms with Gasteiger partial charge in [0.1, 0.15) is 0 Å². The van der Waals surface area contributed by atoms with E-state index < -0.39 is 11.0 Å². The largest absolute Gasteiger partial charge is 0.374 e. The first-order valence-corrected chi connectivity index (χ1v) is 10.5. The van der Waals surface area contributed by atoms with Gasteiger partial charge in [0.05, 0.1) is 23.7 Å². The number of nitrogens with one attached hydrogen (secondary N) is 3. The topological polar surface area (TPSA) is 123 Å². The van der Waals surface area contributed by atoms with Crippen molar-refractivity contribution < 1.29 is 19.1 Å². The van der Waals surface area contributed by atoms with Crippen LogP contribution >= 0.6 is 0 Å². The van der Waals surface area contributed by atoms with E-state index in [0.29, 0.717) is 38.8 Å². The Morgan fingerprint density at radius 2 is 1.77 bits per heavy atom. The second-order valence-corrected chi connectivity index (χ2v) is 8.73. The molecule has 0 bridgehead atoms. The second-order valence-electron chi connectivity index (χ2n) is 8.73. The van der Waals surface area contributed by atoms with Crippen LogP contribution in [-0.2, 0) is 19.1 Å². The maximum Gasteiger partial charge on any atom is 0.234 e. The van der Waals surface area contributed by atoms with Gasteiger partial charge in [-0.1, -0.05) is 0 Å². The van der Waals surface area contributed by atoms with Gasteiger partial charge in [0.15, 0.2) is 0 Å². The quantitative estimate of drug-likeness (QED) is 0.218. The Bertz CT molecular complexity index is 596. The smallest absolute Gasteiger partial charge is 0.234 e. The van der Waals surface area contributed by atoms with E-state index in [1.54, 1.807) is 7.05 Å². The molecule has 8 nitrogen and oxygen atoms in total. The molecule has 172 valence electrons. The van der Waals surface area contributed by atoms with Crippen molar-refractivity contribution in [3.63, 3.8) is 0 Å². The molecule has 0 aromatic carbocycles. The highest BCUT2D eigenvalue weighted by Crippen LogP contribution is 2.22. The summed E-state index contributed by atoms with van der Waals surface area (Å²) in [7, 11) is 1.70. The summed E-state index contributed by atoms with van der Waals surface area (Å²) in [6.45, 7) is 8.83. The zero-order valence-electron chi connectivity index (χ0n) is 19.2. The molecule has 30 heavy (non-hydrogen) atoms. The number of ether oxygens (including phenoxy) is 1. The van der Waals surface area contributed by atoms with Crippen molar-refractivity contribution in [3.05, 3.63) is 0 Å². The van der Waals surface area contributed by atoms with E-state index in [0.717, 1.165) is 12.8 Å². The summed E-state index contributed by atoms with van der Waals surface area (Å²) >= 11 is 0. The van der Waals surface area contributed by atoms with Crippen molar-refractivity contribution in [1.82, 2.24) is 16.0 Å². The van der Waals surface area contributed by atoms with Crippen LogP contribution in [0.4, 0.5) is 0 Å². The molecule has 0 fully saturated rings. The average molecular weight is 425 g/mol. The van der Waals surface area contributed by atoms with Crippen LogP contribution in [0.2, 0.25) is 0 Å². The number of carbonyl (C=O) groups is 3. The first-order valence-electron chi connectivity index (χ1n) is 10.5. The lowest BCUT2D eigenvalue weighted by Gasteiger charge is -2.31. The zero-order chi connectivity index (χ0) is 23.2. The molecule has 0 spiro atoms. The summed E-state index contributed by atoms with van der Waals surface area (Å²) in [6.07, 6.45) is 8.71. The van der Waals surface area contributed by atoms with E-state index in [1.807, 2.05) is 27.7 Å². The molecule has 0 saturated heterocycles. The fourth-order valence-electron chi connectivity index (χ4n) is 2.63. The average Bonchev–Trinajstić information content (AvgIpc) is 2.67. The molecule has 3 amide bonds. The Morgan fingerprint density at radius 3 is 2.33 bits per heavy atom. The molecule has 0 aromatic rings. The molecule has 0 aliphatic carbocycles. The van der Waals surface area contributed by atoms with Crippen molar-refractivity contribution >= 4 is 17.7 Å². The van der Waals surface area contributed by atoms with Crippen molar-refractivity contribution in [3.8, 4) is 12.3 Å². The molecule has 1 atom stereocenters. The van der Waals surface area contributed by atoms with E-state index in [-0.39, 0.29) is 30.4 Å². The van der Waals surface area contributed by atoms with Crippen LogP contribution in [0.25, 0.3) is 0 Å². The molecular weight excluding hydrogens is 384 g/mol. The predicted molar refractivity (Wildman–Crippen MR) is 118 cm³/mol. The number of primary amides is 1. The van der Waals surface area contributed by atoms with Crippen molar-refractivity contribution in [2.75, 3.05) is 26.7 Å². The number of terminal acetylenes is 1. The van der Waals surface area contributed by atoms with E-state index in [9.17, 15) is 14.4 Å². The van der Waals surface area contributed by atoms with E-state index in [2.05, 4.69) is 21.9 Å². The summed E-state index contributed by atoms with van der Waals surface area (Å²) in [5.74, 6) is 1.92. The van der Waals surface area contributed by atoms with Gasteiger partial charge >= 0.3 is 0 Å². The minimum absolute atomic E-state index is 0.0691.